The summed E-state index contributed by atoms with van der Waals surface area (Å²) in [4.78, 5) is 4.61. The lowest BCUT2D eigenvalue weighted by molar-refractivity contribution is 0.572. The summed E-state index contributed by atoms with van der Waals surface area (Å²) in [5.41, 5.74) is 2.91. The van der Waals surface area contributed by atoms with Crippen molar-refractivity contribution in [3.63, 3.8) is 0 Å². The zero-order valence-electron chi connectivity index (χ0n) is 14.7. The van der Waals surface area contributed by atoms with Crippen molar-refractivity contribution in [3.8, 4) is 28.7 Å². The molecule has 0 aliphatic rings. The minimum Gasteiger partial charge on any atom is -0.457 e. The summed E-state index contributed by atoms with van der Waals surface area (Å²) < 4.78 is 7.03. The highest BCUT2D eigenvalue weighted by Crippen LogP contribution is 2.36. The van der Waals surface area contributed by atoms with Crippen molar-refractivity contribution in [2.75, 3.05) is 0 Å². The first-order valence-corrected chi connectivity index (χ1v) is 11.1. The van der Waals surface area contributed by atoms with E-state index in [2.05, 4.69) is 33.6 Å². The van der Waals surface area contributed by atoms with Crippen LogP contribution >= 0.6 is 57.1 Å². The molecule has 0 radical (unpaired) electrons. The summed E-state index contributed by atoms with van der Waals surface area (Å²) in [6, 6.07) is 19.1. The SMILES string of the molecule is N#CC(=Cc1ccc(-c2c(Cl)cccc2Cl)o1)c1nc(-c2ccc(I)cc2)cs1. The highest BCUT2D eigenvalue weighted by molar-refractivity contribution is 14.1. The van der Waals surface area contributed by atoms with E-state index in [0.717, 1.165) is 14.8 Å². The summed E-state index contributed by atoms with van der Waals surface area (Å²) in [5.74, 6) is 1.07. The number of nitriles is 1. The fourth-order valence-electron chi connectivity index (χ4n) is 2.73. The molecule has 3 nitrogen and oxygen atoms in total. The minimum atomic E-state index is 0.429. The van der Waals surface area contributed by atoms with Crippen LogP contribution in [-0.4, -0.2) is 4.98 Å². The molecule has 0 saturated carbocycles. The first-order valence-electron chi connectivity index (χ1n) is 8.43. The van der Waals surface area contributed by atoms with Crippen LogP contribution in [0, 0.1) is 14.9 Å². The number of allylic oxidation sites excluding steroid dienone is 1. The Morgan fingerprint density at radius 2 is 1.79 bits per heavy atom. The van der Waals surface area contributed by atoms with Gasteiger partial charge in [0.1, 0.15) is 22.6 Å². The average molecular weight is 549 g/mol. The first kappa shape index (κ1) is 20.2. The van der Waals surface area contributed by atoms with Crippen LogP contribution in [-0.2, 0) is 0 Å². The highest BCUT2D eigenvalue weighted by Gasteiger charge is 2.14. The molecular formula is C22H11Cl2IN2OS. The van der Waals surface area contributed by atoms with Gasteiger partial charge in [-0.05, 0) is 59.0 Å². The Hall–Kier alpha value is -2.11. The van der Waals surface area contributed by atoms with Crippen LogP contribution in [0.2, 0.25) is 10.0 Å². The lowest BCUT2D eigenvalue weighted by Crippen LogP contribution is -1.83. The van der Waals surface area contributed by atoms with Crippen molar-refractivity contribution in [2.45, 2.75) is 0 Å². The Morgan fingerprint density at radius 1 is 1.07 bits per heavy atom. The monoisotopic (exact) mass is 548 g/mol. The fraction of sp³-hybridized carbons (Fsp3) is 0. The second-order valence-electron chi connectivity index (χ2n) is 6.01. The van der Waals surface area contributed by atoms with Gasteiger partial charge in [-0.3, -0.25) is 0 Å². The van der Waals surface area contributed by atoms with Gasteiger partial charge in [0.05, 0.1) is 26.9 Å². The topological polar surface area (TPSA) is 49.8 Å². The average Bonchev–Trinajstić information content (AvgIpc) is 3.37. The quantitative estimate of drug-likeness (QED) is 0.191. The molecule has 2 aromatic carbocycles. The molecule has 4 rings (SSSR count). The number of rotatable bonds is 4. The fourth-order valence-corrected chi connectivity index (χ4v) is 4.47. The van der Waals surface area contributed by atoms with Gasteiger partial charge in [-0.25, -0.2) is 4.98 Å². The molecule has 0 saturated heterocycles. The maximum Gasteiger partial charge on any atom is 0.137 e. The van der Waals surface area contributed by atoms with Crippen molar-refractivity contribution in [1.82, 2.24) is 4.98 Å². The highest BCUT2D eigenvalue weighted by atomic mass is 127. The van der Waals surface area contributed by atoms with E-state index in [1.807, 2.05) is 29.6 Å². The predicted molar refractivity (Wildman–Crippen MR) is 128 cm³/mol. The normalized spacial score (nSPS) is 11.4. The van der Waals surface area contributed by atoms with Gasteiger partial charge in [0.2, 0.25) is 0 Å². The molecule has 0 aliphatic heterocycles. The molecule has 0 N–H and O–H groups in total. The Labute approximate surface area is 195 Å². The number of hydrogen-bond donors (Lipinski definition) is 0. The van der Waals surface area contributed by atoms with Gasteiger partial charge in [0.25, 0.3) is 0 Å². The van der Waals surface area contributed by atoms with Gasteiger partial charge in [-0.1, -0.05) is 41.4 Å². The molecule has 0 amide bonds. The molecule has 2 heterocycles. The van der Waals surface area contributed by atoms with Crippen molar-refractivity contribution < 1.29 is 4.42 Å². The smallest absolute Gasteiger partial charge is 0.137 e. The Kier molecular flexibility index (Phi) is 6.07. The zero-order valence-corrected chi connectivity index (χ0v) is 19.2. The van der Waals surface area contributed by atoms with E-state index in [9.17, 15) is 5.26 Å². The van der Waals surface area contributed by atoms with E-state index in [1.54, 1.807) is 36.4 Å². The predicted octanol–water partition coefficient (Wildman–Crippen LogP) is 8.05. The Morgan fingerprint density at radius 3 is 2.48 bits per heavy atom. The van der Waals surface area contributed by atoms with Gasteiger partial charge < -0.3 is 4.42 Å². The van der Waals surface area contributed by atoms with E-state index < -0.39 is 0 Å². The van der Waals surface area contributed by atoms with Gasteiger partial charge in [0.15, 0.2) is 0 Å². The molecule has 0 fully saturated rings. The van der Waals surface area contributed by atoms with Crippen LogP contribution in [0.4, 0.5) is 0 Å². The van der Waals surface area contributed by atoms with E-state index >= 15 is 0 Å². The van der Waals surface area contributed by atoms with Crippen molar-refractivity contribution >= 4 is 68.8 Å². The van der Waals surface area contributed by atoms with E-state index in [0.29, 0.717) is 37.7 Å². The van der Waals surface area contributed by atoms with Crippen LogP contribution in [0.3, 0.4) is 0 Å². The summed E-state index contributed by atoms with van der Waals surface area (Å²) >= 11 is 16.2. The largest absolute Gasteiger partial charge is 0.457 e. The van der Waals surface area contributed by atoms with Crippen LogP contribution in [0.1, 0.15) is 10.8 Å². The molecule has 7 heteroatoms. The van der Waals surface area contributed by atoms with E-state index in [1.165, 1.54) is 11.3 Å². The molecule has 29 heavy (non-hydrogen) atoms. The van der Waals surface area contributed by atoms with Crippen LogP contribution in [0.5, 0.6) is 0 Å². The summed E-state index contributed by atoms with van der Waals surface area (Å²) in [5, 5.41) is 13.2. The number of furan rings is 1. The molecule has 0 unspecified atom stereocenters. The lowest BCUT2D eigenvalue weighted by Gasteiger charge is -2.02. The molecule has 0 aliphatic carbocycles. The summed E-state index contributed by atoms with van der Waals surface area (Å²) in [6.07, 6.45) is 1.67. The molecule has 0 atom stereocenters. The van der Waals surface area contributed by atoms with E-state index in [4.69, 9.17) is 27.6 Å². The number of benzene rings is 2. The zero-order chi connectivity index (χ0) is 20.4. The number of hydrogen-bond acceptors (Lipinski definition) is 4. The van der Waals surface area contributed by atoms with Gasteiger partial charge in [-0.15, -0.1) is 11.3 Å². The molecule has 0 bridgehead atoms. The third-order valence-corrected chi connectivity index (χ3v) is 6.34. The third-order valence-electron chi connectivity index (χ3n) is 4.12. The lowest BCUT2D eigenvalue weighted by atomic mass is 10.2. The van der Waals surface area contributed by atoms with Crippen molar-refractivity contribution in [1.29, 1.82) is 5.26 Å². The molecule has 2 aromatic heterocycles. The molecule has 4 aromatic rings. The molecule has 0 spiro atoms. The van der Waals surface area contributed by atoms with E-state index in [-0.39, 0.29) is 0 Å². The molecule has 142 valence electrons. The van der Waals surface area contributed by atoms with Crippen LogP contribution < -0.4 is 0 Å². The summed E-state index contributed by atoms with van der Waals surface area (Å²) in [7, 11) is 0. The van der Waals surface area contributed by atoms with Gasteiger partial charge in [0, 0.05) is 20.6 Å². The second-order valence-corrected chi connectivity index (χ2v) is 8.93. The number of thiazole rings is 1. The van der Waals surface area contributed by atoms with Crippen molar-refractivity contribution in [2.24, 2.45) is 0 Å². The number of halogens is 3. The Bertz CT molecular complexity index is 1230. The second kappa shape index (κ2) is 8.72. The number of nitrogens with zero attached hydrogens (tertiary/aromatic N) is 2. The minimum absolute atomic E-state index is 0.429. The van der Waals surface area contributed by atoms with Gasteiger partial charge in [-0.2, -0.15) is 5.26 Å². The van der Waals surface area contributed by atoms with Crippen LogP contribution in [0.15, 0.2) is 64.4 Å². The first-order chi connectivity index (χ1) is 14.0. The number of aromatic nitrogens is 1. The maximum absolute atomic E-state index is 9.63. The Balaban J connectivity index is 1.65. The van der Waals surface area contributed by atoms with Crippen LogP contribution in [0.25, 0.3) is 34.2 Å². The summed E-state index contributed by atoms with van der Waals surface area (Å²) in [6.45, 7) is 0. The molecular weight excluding hydrogens is 538 g/mol. The van der Waals surface area contributed by atoms with Gasteiger partial charge >= 0.3 is 0 Å². The van der Waals surface area contributed by atoms with Crippen molar-refractivity contribution in [3.05, 3.63) is 84.4 Å². The maximum atomic E-state index is 9.63. The third kappa shape index (κ3) is 4.41. The standard InChI is InChI=1S/C22H11Cl2IN2OS/c23-17-2-1-3-18(24)21(17)20-9-8-16(28-20)10-14(11-26)22-27-19(12-29-22)13-4-6-15(25)7-5-13/h1-10,12H.